The van der Waals surface area contributed by atoms with Gasteiger partial charge in [-0.2, -0.15) is 0 Å². The minimum Gasteiger partial charge on any atom is -0.462 e. The van der Waals surface area contributed by atoms with Crippen molar-refractivity contribution in [3.8, 4) is 0 Å². The second-order valence-electron chi connectivity index (χ2n) is 18.5. The van der Waals surface area contributed by atoms with E-state index in [4.69, 9.17) is 14.2 Å². The zero-order chi connectivity index (χ0) is 47.9. The summed E-state index contributed by atoms with van der Waals surface area (Å²) in [5, 5.41) is 0. The molecule has 6 heteroatoms. The van der Waals surface area contributed by atoms with Crippen LogP contribution in [-0.4, -0.2) is 37.2 Å². The lowest BCUT2D eigenvalue weighted by atomic mass is 10.1. The molecule has 0 aliphatic rings. The Hall–Kier alpha value is -3.15. The number of hydrogen-bond acceptors (Lipinski definition) is 6. The number of rotatable bonds is 50. The van der Waals surface area contributed by atoms with Crippen LogP contribution in [0.25, 0.3) is 0 Å². The quantitative estimate of drug-likeness (QED) is 0.0262. The number of esters is 3. The van der Waals surface area contributed by atoms with E-state index in [1.807, 2.05) is 0 Å². The standard InChI is InChI=1S/C60H104O6/c1-4-7-10-13-16-19-22-24-26-27-28-29-30-31-32-33-35-36-38-41-44-47-50-53-59(62)65-56-57(55-64-58(61)52-49-46-43-40-21-18-15-12-9-6-3)66-60(63)54-51-48-45-42-39-37-34-25-23-20-17-14-11-8-5-2/h7,10,16-17,19-20,24-26,28-29,34,57H,4-6,8-9,11-15,18,21-23,27,30-33,35-56H2,1-3H3/b10-7-,19-16-,20-17-,26-24-,29-28-,34-25-. The Morgan fingerprint density at radius 2 is 0.591 bits per heavy atom. The predicted octanol–water partition coefficient (Wildman–Crippen LogP) is 18.6. The monoisotopic (exact) mass is 921 g/mol. The van der Waals surface area contributed by atoms with E-state index in [1.54, 1.807) is 0 Å². The van der Waals surface area contributed by atoms with Gasteiger partial charge in [-0.15, -0.1) is 0 Å². The zero-order valence-electron chi connectivity index (χ0n) is 43.4. The van der Waals surface area contributed by atoms with Crippen LogP contribution >= 0.6 is 0 Å². The summed E-state index contributed by atoms with van der Waals surface area (Å²) >= 11 is 0. The van der Waals surface area contributed by atoms with E-state index in [0.29, 0.717) is 19.3 Å². The lowest BCUT2D eigenvalue weighted by molar-refractivity contribution is -0.167. The largest absolute Gasteiger partial charge is 0.462 e. The van der Waals surface area contributed by atoms with E-state index in [-0.39, 0.29) is 31.1 Å². The maximum atomic E-state index is 12.8. The lowest BCUT2D eigenvalue weighted by Gasteiger charge is -2.18. The first-order valence-corrected chi connectivity index (χ1v) is 27.9. The molecule has 0 heterocycles. The molecule has 0 saturated heterocycles. The zero-order valence-corrected chi connectivity index (χ0v) is 43.4. The number of carbonyl (C=O) groups excluding carboxylic acids is 3. The molecule has 0 spiro atoms. The summed E-state index contributed by atoms with van der Waals surface area (Å²) in [5.74, 6) is -0.894. The topological polar surface area (TPSA) is 78.9 Å². The molecule has 0 rings (SSSR count). The van der Waals surface area contributed by atoms with Crippen molar-refractivity contribution in [1.29, 1.82) is 0 Å². The highest BCUT2D eigenvalue weighted by molar-refractivity contribution is 5.71. The van der Waals surface area contributed by atoms with E-state index in [1.165, 1.54) is 122 Å². The van der Waals surface area contributed by atoms with Gasteiger partial charge in [0.2, 0.25) is 0 Å². The molecule has 1 unspecified atom stereocenters. The summed E-state index contributed by atoms with van der Waals surface area (Å²) in [6.45, 7) is 6.49. The molecular formula is C60H104O6. The summed E-state index contributed by atoms with van der Waals surface area (Å²) in [4.78, 5) is 38.0. The molecule has 1 atom stereocenters. The van der Waals surface area contributed by atoms with E-state index >= 15 is 0 Å². The fraction of sp³-hybridized carbons (Fsp3) is 0.750. The van der Waals surface area contributed by atoms with Gasteiger partial charge >= 0.3 is 17.9 Å². The maximum absolute atomic E-state index is 12.8. The number of unbranched alkanes of at least 4 members (excludes halogenated alkanes) is 27. The maximum Gasteiger partial charge on any atom is 0.306 e. The average molecular weight is 921 g/mol. The van der Waals surface area contributed by atoms with E-state index in [0.717, 1.165) is 109 Å². The van der Waals surface area contributed by atoms with Crippen molar-refractivity contribution in [2.45, 2.75) is 277 Å². The van der Waals surface area contributed by atoms with Gasteiger partial charge < -0.3 is 14.2 Å². The van der Waals surface area contributed by atoms with Gasteiger partial charge in [-0.3, -0.25) is 14.4 Å². The number of carbonyl (C=O) groups is 3. The molecule has 0 aliphatic carbocycles. The Kier molecular flexibility index (Phi) is 51.9. The van der Waals surface area contributed by atoms with Crippen LogP contribution in [0.2, 0.25) is 0 Å². The highest BCUT2D eigenvalue weighted by Crippen LogP contribution is 2.15. The second kappa shape index (κ2) is 54.5. The number of hydrogen-bond donors (Lipinski definition) is 0. The Bertz CT molecular complexity index is 1240. The minimum atomic E-state index is -0.782. The summed E-state index contributed by atoms with van der Waals surface area (Å²) in [5.41, 5.74) is 0. The third kappa shape index (κ3) is 51.8. The van der Waals surface area contributed by atoms with Crippen LogP contribution in [-0.2, 0) is 28.6 Å². The van der Waals surface area contributed by atoms with Gasteiger partial charge in [0.25, 0.3) is 0 Å². The van der Waals surface area contributed by atoms with Crippen LogP contribution in [0.3, 0.4) is 0 Å². The highest BCUT2D eigenvalue weighted by Gasteiger charge is 2.19. The Morgan fingerprint density at radius 3 is 0.955 bits per heavy atom. The molecule has 0 aliphatic heterocycles. The van der Waals surface area contributed by atoms with Crippen molar-refractivity contribution in [3.63, 3.8) is 0 Å². The smallest absolute Gasteiger partial charge is 0.306 e. The van der Waals surface area contributed by atoms with E-state index in [2.05, 4.69) is 93.7 Å². The molecule has 0 saturated carbocycles. The molecule has 0 aromatic carbocycles. The van der Waals surface area contributed by atoms with Crippen molar-refractivity contribution >= 4 is 17.9 Å². The molecule has 0 N–H and O–H groups in total. The van der Waals surface area contributed by atoms with Crippen LogP contribution in [0.15, 0.2) is 72.9 Å². The minimum absolute atomic E-state index is 0.0803. The SMILES string of the molecule is CC/C=C\C/C=C\C/C=C\C/C=C\CCCCCCCCCCCCC(=O)OCC(COC(=O)CCCCCCCCCCCC)OC(=O)CCCCCCC/C=C\C/C=C\CCCCC. The molecule has 0 aromatic heterocycles. The predicted molar refractivity (Wildman–Crippen MR) is 284 cm³/mol. The van der Waals surface area contributed by atoms with Gasteiger partial charge in [-0.25, -0.2) is 0 Å². The Labute approximate surface area is 408 Å². The van der Waals surface area contributed by atoms with Gasteiger partial charge in [-0.1, -0.05) is 235 Å². The Morgan fingerprint density at radius 1 is 0.318 bits per heavy atom. The summed E-state index contributed by atoms with van der Waals surface area (Å²) in [6, 6.07) is 0. The van der Waals surface area contributed by atoms with Crippen molar-refractivity contribution in [3.05, 3.63) is 72.9 Å². The van der Waals surface area contributed by atoms with Crippen molar-refractivity contribution in [1.82, 2.24) is 0 Å². The molecule has 0 radical (unpaired) electrons. The summed E-state index contributed by atoms with van der Waals surface area (Å²) in [7, 11) is 0. The van der Waals surface area contributed by atoms with E-state index in [9.17, 15) is 14.4 Å². The van der Waals surface area contributed by atoms with Gasteiger partial charge in [-0.05, 0) is 89.9 Å². The lowest BCUT2D eigenvalue weighted by Crippen LogP contribution is -2.30. The molecule has 0 bridgehead atoms. The average Bonchev–Trinajstić information content (AvgIpc) is 3.31. The third-order valence-electron chi connectivity index (χ3n) is 11.9. The van der Waals surface area contributed by atoms with Gasteiger partial charge in [0, 0.05) is 19.3 Å². The summed E-state index contributed by atoms with van der Waals surface area (Å²) < 4.78 is 16.8. The molecule has 6 nitrogen and oxygen atoms in total. The van der Waals surface area contributed by atoms with E-state index < -0.39 is 6.10 Å². The molecule has 0 fully saturated rings. The fourth-order valence-electron chi connectivity index (χ4n) is 7.76. The van der Waals surface area contributed by atoms with Crippen LogP contribution in [0, 0.1) is 0 Å². The van der Waals surface area contributed by atoms with Gasteiger partial charge in [0.15, 0.2) is 6.10 Å². The Balaban J connectivity index is 4.29. The number of ether oxygens (including phenoxy) is 3. The number of allylic oxidation sites excluding steroid dienone is 12. The molecular weight excluding hydrogens is 817 g/mol. The van der Waals surface area contributed by atoms with Crippen LogP contribution < -0.4 is 0 Å². The molecule has 66 heavy (non-hydrogen) atoms. The first-order chi connectivity index (χ1) is 32.5. The molecule has 0 amide bonds. The normalized spacial score (nSPS) is 12.6. The van der Waals surface area contributed by atoms with Crippen molar-refractivity contribution < 1.29 is 28.6 Å². The van der Waals surface area contributed by atoms with Crippen molar-refractivity contribution in [2.75, 3.05) is 13.2 Å². The molecule has 380 valence electrons. The fourth-order valence-corrected chi connectivity index (χ4v) is 7.76. The first kappa shape index (κ1) is 62.8. The highest BCUT2D eigenvalue weighted by atomic mass is 16.6. The van der Waals surface area contributed by atoms with Crippen LogP contribution in [0.5, 0.6) is 0 Å². The third-order valence-corrected chi connectivity index (χ3v) is 11.9. The van der Waals surface area contributed by atoms with Crippen LogP contribution in [0.1, 0.15) is 271 Å². The van der Waals surface area contributed by atoms with Crippen molar-refractivity contribution in [2.24, 2.45) is 0 Å². The first-order valence-electron chi connectivity index (χ1n) is 27.9. The van der Waals surface area contributed by atoms with Crippen LogP contribution in [0.4, 0.5) is 0 Å². The van der Waals surface area contributed by atoms with Gasteiger partial charge in [0.1, 0.15) is 13.2 Å². The second-order valence-corrected chi connectivity index (χ2v) is 18.5. The van der Waals surface area contributed by atoms with Gasteiger partial charge in [0.05, 0.1) is 0 Å². The molecule has 0 aromatic rings. The summed E-state index contributed by atoms with van der Waals surface area (Å²) in [6.07, 6.45) is 68.9.